The van der Waals surface area contributed by atoms with Gasteiger partial charge in [-0.15, -0.1) is 0 Å². The second-order valence-electron chi connectivity index (χ2n) is 9.71. The number of nitrogens with one attached hydrogen (secondary N) is 1. The molecule has 1 amide bonds. The van der Waals surface area contributed by atoms with Crippen molar-refractivity contribution >= 4 is 28.7 Å². The molecule has 2 rings (SSSR count). The van der Waals surface area contributed by atoms with Crippen LogP contribution in [-0.2, 0) is 31.6 Å². The normalized spacial score (nSPS) is 11.6. The van der Waals surface area contributed by atoms with Crippen LogP contribution in [-0.4, -0.2) is 35.2 Å². The van der Waals surface area contributed by atoms with E-state index in [1.54, 1.807) is 0 Å². The van der Waals surface area contributed by atoms with E-state index < -0.39 is 22.7 Å². The fourth-order valence-corrected chi connectivity index (χ4v) is 12.7. The van der Waals surface area contributed by atoms with Gasteiger partial charge in [-0.25, -0.2) is 4.79 Å². The van der Waals surface area contributed by atoms with Crippen LogP contribution >= 0.6 is 0 Å². The van der Waals surface area contributed by atoms with Gasteiger partial charge in [0.1, 0.15) is 13.2 Å². The fraction of sp³-hybridized carbons (Fsp3) is 0.462. The first kappa shape index (κ1) is 27.8. The first-order chi connectivity index (χ1) is 16.2. The lowest BCUT2D eigenvalue weighted by Crippen LogP contribution is -2.44. The van der Waals surface area contributed by atoms with Gasteiger partial charge in [-0.1, -0.05) is 60.7 Å². The Morgan fingerprint density at radius 3 is 1.79 bits per heavy atom. The number of alkyl carbamates (subject to hydrolysis) is 1. The number of rotatable bonds is 14. The molecular weight excluding hydrogens is 462 g/mol. The van der Waals surface area contributed by atoms with Crippen LogP contribution < -0.4 is 5.32 Å². The first-order valence-corrected chi connectivity index (χ1v) is 18.2. The summed E-state index contributed by atoms with van der Waals surface area (Å²) in [7, 11) is -3.75. The molecule has 0 saturated carbocycles. The van der Waals surface area contributed by atoms with Gasteiger partial charge in [0.2, 0.25) is 0 Å². The zero-order valence-corrected chi connectivity index (χ0v) is 23.0. The van der Waals surface area contributed by atoms with E-state index in [1.165, 1.54) is 0 Å². The Kier molecular flexibility index (Phi) is 11.5. The number of hydrogen-bond donors (Lipinski definition) is 1. The summed E-state index contributed by atoms with van der Waals surface area (Å²) in [6.07, 6.45) is 1.67. The summed E-state index contributed by atoms with van der Waals surface area (Å²) in [4.78, 5) is 23.9. The van der Waals surface area contributed by atoms with Crippen LogP contribution in [0, 0.1) is 0 Å². The Hall–Kier alpha value is -2.43. The number of ether oxygens (including phenoxy) is 2. The maximum absolute atomic E-state index is 12.1. The third kappa shape index (κ3) is 12.2. The molecular formula is C26H39NO5Si2. The SMILES string of the molecule is C[Si](C)(CCCNC(=O)OCc1ccccc1)O[Si](C)(C)CCCC(=O)OCc1ccccc1. The summed E-state index contributed by atoms with van der Waals surface area (Å²) in [6, 6.07) is 21.2. The van der Waals surface area contributed by atoms with Crippen molar-refractivity contribution in [2.45, 2.75) is 70.8 Å². The van der Waals surface area contributed by atoms with Gasteiger partial charge < -0.3 is 18.9 Å². The van der Waals surface area contributed by atoms with Gasteiger partial charge >= 0.3 is 12.1 Å². The van der Waals surface area contributed by atoms with Crippen molar-refractivity contribution in [1.82, 2.24) is 5.32 Å². The zero-order valence-electron chi connectivity index (χ0n) is 21.0. The number of carbonyl (C=O) groups excluding carboxylic acids is 2. The molecule has 0 saturated heterocycles. The standard InChI is InChI=1S/C26H39NO5Si2/c1-33(2,19-11-17-25(28)30-21-23-13-7-5-8-14-23)32-34(3,4)20-12-18-27-26(29)31-22-24-15-9-6-10-16-24/h5-10,13-16H,11-12,17-22H2,1-4H3,(H,27,29). The van der Waals surface area contributed by atoms with E-state index in [1.807, 2.05) is 60.7 Å². The number of hydrogen-bond acceptors (Lipinski definition) is 5. The Balaban J connectivity index is 1.58. The number of amides is 1. The summed E-state index contributed by atoms with van der Waals surface area (Å²) in [6.45, 7) is 10.1. The highest BCUT2D eigenvalue weighted by molar-refractivity contribution is 6.84. The van der Waals surface area contributed by atoms with Gasteiger partial charge in [0, 0.05) is 13.0 Å². The van der Waals surface area contributed by atoms with Crippen LogP contribution in [0.25, 0.3) is 0 Å². The van der Waals surface area contributed by atoms with E-state index >= 15 is 0 Å². The molecule has 0 aromatic heterocycles. The van der Waals surface area contributed by atoms with Gasteiger partial charge in [-0.05, 0) is 62.2 Å². The van der Waals surface area contributed by atoms with Gasteiger partial charge in [0.05, 0.1) is 0 Å². The van der Waals surface area contributed by atoms with Crippen LogP contribution in [0.15, 0.2) is 60.7 Å². The smallest absolute Gasteiger partial charge is 0.407 e. The molecule has 0 aliphatic heterocycles. The molecule has 0 spiro atoms. The second-order valence-corrected chi connectivity index (χ2v) is 18.6. The molecule has 34 heavy (non-hydrogen) atoms. The van der Waals surface area contributed by atoms with Gasteiger partial charge in [0.25, 0.3) is 0 Å². The third-order valence-corrected chi connectivity index (χ3v) is 12.9. The van der Waals surface area contributed by atoms with Crippen molar-refractivity contribution in [2.75, 3.05) is 6.54 Å². The number of carbonyl (C=O) groups is 2. The summed E-state index contributed by atoms with van der Waals surface area (Å²) >= 11 is 0. The second kappa shape index (κ2) is 14.1. The number of esters is 1. The van der Waals surface area contributed by atoms with E-state index in [-0.39, 0.29) is 12.6 Å². The Morgan fingerprint density at radius 2 is 1.24 bits per heavy atom. The molecule has 0 aliphatic rings. The molecule has 0 bridgehead atoms. The summed E-state index contributed by atoms with van der Waals surface area (Å²) < 4.78 is 17.2. The summed E-state index contributed by atoms with van der Waals surface area (Å²) in [5.74, 6) is -0.157. The topological polar surface area (TPSA) is 73.9 Å². The highest BCUT2D eigenvalue weighted by Crippen LogP contribution is 2.24. The lowest BCUT2D eigenvalue weighted by Gasteiger charge is -2.34. The van der Waals surface area contributed by atoms with Crippen LogP contribution in [0.2, 0.25) is 38.3 Å². The molecule has 0 unspecified atom stereocenters. The van der Waals surface area contributed by atoms with Crippen molar-refractivity contribution in [1.29, 1.82) is 0 Å². The van der Waals surface area contributed by atoms with Gasteiger partial charge in [-0.2, -0.15) is 0 Å². The van der Waals surface area contributed by atoms with Crippen molar-refractivity contribution in [3.63, 3.8) is 0 Å². The van der Waals surface area contributed by atoms with Crippen LogP contribution in [0.1, 0.15) is 30.4 Å². The average Bonchev–Trinajstić information content (AvgIpc) is 2.80. The molecule has 0 aliphatic carbocycles. The van der Waals surface area contributed by atoms with Crippen LogP contribution in [0.5, 0.6) is 0 Å². The summed E-state index contributed by atoms with van der Waals surface area (Å²) in [5, 5.41) is 2.82. The molecule has 2 aromatic rings. The monoisotopic (exact) mass is 501 g/mol. The van der Waals surface area contributed by atoms with E-state index in [2.05, 4.69) is 31.5 Å². The predicted molar refractivity (Wildman–Crippen MR) is 140 cm³/mol. The maximum Gasteiger partial charge on any atom is 0.407 e. The van der Waals surface area contributed by atoms with E-state index in [4.69, 9.17) is 13.6 Å². The van der Waals surface area contributed by atoms with Crippen molar-refractivity contribution in [3.05, 3.63) is 71.8 Å². The lowest BCUT2D eigenvalue weighted by molar-refractivity contribution is -0.145. The molecule has 0 radical (unpaired) electrons. The Morgan fingerprint density at radius 1 is 0.735 bits per heavy atom. The minimum absolute atomic E-state index is 0.157. The first-order valence-electron chi connectivity index (χ1n) is 12.0. The minimum Gasteiger partial charge on any atom is -0.461 e. The Labute approximate surface area is 206 Å². The maximum atomic E-state index is 12.1. The zero-order chi connectivity index (χ0) is 24.9. The highest BCUT2D eigenvalue weighted by atomic mass is 28.4. The minimum atomic E-state index is -1.88. The van der Waals surface area contributed by atoms with Crippen LogP contribution in [0.4, 0.5) is 4.79 Å². The van der Waals surface area contributed by atoms with Gasteiger partial charge in [-0.3, -0.25) is 4.79 Å². The molecule has 1 N–H and O–H groups in total. The third-order valence-electron chi connectivity index (χ3n) is 5.39. The fourth-order valence-electron chi connectivity index (χ4n) is 3.80. The highest BCUT2D eigenvalue weighted by Gasteiger charge is 2.32. The largest absolute Gasteiger partial charge is 0.461 e. The number of benzene rings is 2. The molecule has 6 nitrogen and oxygen atoms in total. The molecule has 8 heteroatoms. The average molecular weight is 502 g/mol. The molecule has 0 fully saturated rings. The van der Waals surface area contributed by atoms with Crippen molar-refractivity contribution in [2.24, 2.45) is 0 Å². The Bertz CT molecular complexity index is 875. The van der Waals surface area contributed by atoms with Crippen molar-refractivity contribution in [3.8, 4) is 0 Å². The quantitative estimate of drug-likeness (QED) is 0.188. The molecule has 0 heterocycles. The van der Waals surface area contributed by atoms with E-state index in [0.717, 1.165) is 36.1 Å². The lowest BCUT2D eigenvalue weighted by atomic mass is 10.2. The summed E-state index contributed by atoms with van der Waals surface area (Å²) in [5.41, 5.74) is 1.97. The predicted octanol–water partition coefficient (Wildman–Crippen LogP) is 6.25. The molecule has 2 aromatic carbocycles. The molecule has 0 atom stereocenters. The van der Waals surface area contributed by atoms with E-state index in [9.17, 15) is 9.59 Å². The van der Waals surface area contributed by atoms with Crippen LogP contribution in [0.3, 0.4) is 0 Å². The molecule has 186 valence electrons. The van der Waals surface area contributed by atoms with Gasteiger partial charge in [0.15, 0.2) is 16.6 Å². The van der Waals surface area contributed by atoms with E-state index in [0.29, 0.717) is 19.6 Å². The van der Waals surface area contributed by atoms with Crippen molar-refractivity contribution < 1.29 is 23.2 Å².